The molecule has 1 rings (SSSR count). The van der Waals surface area contributed by atoms with E-state index in [9.17, 15) is 8.42 Å². The van der Waals surface area contributed by atoms with Gasteiger partial charge in [0.1, 0.15) is 0 Å². The maximum atomic E-state index is 11.9. The van der Waals surface area contributed by atoms with Crippen molar-refractivity contribution in [2.45, 2.75) is 19.8 Å². The number of likely N-dealkylation sites (tertiary alicyclic amines) is 1. The molecule has 0 aromatic rings. The second kappa shape index (κ2) is 7.40. The van der Waals surface area contributed by atoms with Crippen LogP contribution in [-0.2, 0) is 10.2 Å². The van der Waals surface area contributed by atoms with Gasteiger partial charge in [-0.2, -0.15) is 12.7 Å². The van der Waals surface area contributed by atoms with Crippen molar-refractivity contribution in [3.63, 3.8) is 0 Å². The van der Waals surface area contributed by atoms with Crippen LogP contribution in [0.4, 0.5) is 0 Å². The highest BCUT2D eigenvalue weighted by atomic mass is 32.2. The molecule has 1 atom stereocenters. The highest BCUT2D eigenvalue weighted by Crippen LogP contribution is 2.15. The van der Waals surface area contributed by atoms with E-state index in [0.29, 0.717) is 25.4 Å². The normalized spacial score (nSPS) is 21.9. The predicted octanol–water partition coefficient (Wildman–Crippen LogP) is -0.523. The lowest BCUT2D eigenvalue weighted by Gasteiger charge is -2.19. The van der Waals surface area contributed by atoms with Crippen molar-refractivity contribution in [3.8, 4) is 0 Å². The largest absolute Gasteiger partial charge is 0.396 e. The van der Waals surface area contributed by atoms with Crippen LogP contribution in [0.15, 0.2) is 0 Å². The molecule has 1 unspecified atom stereocenters. The third-order valence-electron chi connectivity index (χ3n) is 3.41. The third kappa shape index (κ3) is 4.81. The number of hydrogen-bond donors (Lipinski definition) is 2. The molecular weight excluding hydrogens is 254 g/mol. The minimum absolute atomic E-state index is 0.00788. The van der Waals surface area contributed by atoms with Gasteiger partial charge in [-0.25, -0.2) is 4.72 Å². The Morgan fingerprint density at radius 1 is 1.50 bits per heavy atom. The van der Waals surface area contributed by atoms with Crippen LogP contribution < -0.4 is 4.72 Å². The topological polar surface area (TPSA) is 72.9 Å². The molecule has 0 aliphatic carbocycles. The van der Waals surface area contributed by atoms with E-state index in [0.717, 1.165) is 26.1 Å². The first-order valence-corrected chi connectivity index (χ1v) is 7.97. The highest BCUT2D eigenvalue weighted by Gasteiger charge is 2.24. The maximum Gasteiger partial charge on any atom is 0.279 e. The van der Waals surface area contributed by atoms with E-state index < -0.39 is 10.2 Å². The molecule has 2 N–H and O–H groups in total. The quantitative estimate of drug-likeness (QED) is 0.627. The smallest absolute Gasteiger partial charge is 0.279 e. The van der Waals surface area contributed by atoms with Crippen LogP contribution in [0.1, 0.15) is 19.8 Å². The van der Waals surface area contributed by atoms with E-state index in [1.165, 1.54) is 11.4 Å². The average molecular weight is 279 g/mol. The van der Waals surface area contributed by atoms with E-state index in [2.05, 4.69) is 16.5 Å². The van der Waals surface area contributed by atoms with E-state index >= 15 is 0 Å². The molecule has 0 bridgehead atoms. The van der Waals surface area contributed by atoms with Crippen molar-refractivity contribution < 1.29 is 13.5 Å². The summed E-state index contributed by atoms with van der Waals surface area (Å²) in [5.74, 6) is 0.408. The lowest BCUT2D eigenvalue weighted by Crippen LogP contribution is -2.41. The van der Waals surface area contributed by atoms with Crippen molar-refractivity contribution in [2.24, 2.45) is 5.92 Å². The van der Waals surface area contributed by atoms with Gasteiger partial charge < -0.3 is 10.0 Å². The molecule has 1 fully saturated rings. The zero-order valence-electron chi connectivity index (χ0n) is 11.3. The summed E-state index contributed by atoms with van der Waals surface area (Å²) >= 11 is 0. The summed E-state index contributed by atoms with van der Waals surface area (Å²) in [5.41, 5.74) is 0. The zero-order valence-corrected chi connectivity index (χ0v) is 12.1. The number of aliphatic hydroxyl groups excluding tert-OH is 1. The molecule has 18 heavy (non-hydrogen) atoms. The predicted molar refractivity (Wildman–Crippen MR) is 71.5 cm³/mol. The molecule has 1 heterocycles. The van der Waals surface area contributed by atoms with Gasteiger partial charge in [-0.3, -0.25) is 0 Å². The number of rotatable bonds is 8. The fourth-order valence-electron chi connectivity index (χ4n) is 2.11. The molecule has 1 aliphatic heterocycles. The summed E-state index contributed by atoms with van der Waals surface area (Å²) in [6.45, 7) is 6.03. The van der Waals surface area contributed by atoms with Gasteiger partial charge in [0.15, 0.2) is 0 Å². The van der Waals surface area contributed by atoms with Gasteiger partial charge >= 0.3 is 0 Å². The summed E-state index contributed by atoms with van der Waals surface area (Å²) in [6.07, 6.45) is 1.52. The molecule has 0 spiro atoms. The monoisotopic (exact) mass is 279 g/mol. The fraction of sp³-hybridized carbons (Fsp3) is 1.00. The second-order valence-electron chi connectivity index (χ2n) is 4.80. The molecule has 1 saturated heterocycles. The van der Waals surface area contributed by atoms with E-state index in [-0.39, 0.29) is 6.61 Å². The first-order valence-electron chi connectivity index (χ1n) is 6.53. The molecule has 0 saturated carbocycles. The molecule has 1 aliphatic rings. The Balaban J connectivity index is 2.33. The number of aliphatic hydroxyl groups is 1. The van der Waals surface area contributed by atoms with Crippen molar-refractivity contribution in [1.82, 2.24) is 13.9 Å². The van der Waals surface area contributed by atoms with Gasteiger partial charge in [-0.05, 0) is 31.8 Å². The third-order valence-corrected chi connectivity index (χ3v) is 4.95. The Morgan fingerprint density at radius 2 is 2.22 bits per heavy atom. The molecule has 7 heteroatoms. The summed E-state index contributed by atoms with van der Waals surface area (Å²) in [5, 5.41) is 8.69. The van der Waals surface area contributed by atoms with Crippen LogP contribution in [-0.4, -0.2) is 69.1 Å². The van der Waals surface area contributed by atoms with Crippen LogP contribution in [0.5, 0.6) is 0 Å². The molecular formula is C11H25N3O3S. The Bertz CT molecular complexity index is 334. The van der Waals surface area contributed by atoms with E-state index in [1.54, 1.807) is 0 Å². The van der Waals surface area contributed by atoms with Crippen molar-refractivity contribution >= 4 is 10.2 Å². The minimum atomic E-state index is -3.39. The summed E-state index contributed by atoms with van der Waals surface area (Å²) in [7, 11) is -1.86. The molecule has 0 radical (unpaired) electrons. The first-order chi connectivity index (χ1) is 8.49. The summed E-state index contributed by atoms with van der Waals surface area (Å²) in [6, 6.07) is 0. The molecule has 108 valence electrons. The molecule has 0 aromatic heterocycles. The van der Waals surface area contributed by atoms with Gasteiger partial charge in [0.05, 0.1) is 0 Å². The SMILES string of the molecule is CCN1CCC(CNS(=O)(=O)N(C)CCCO)C1. The van der Waals surface area contributed by atoms with Crippen molar-refractivity contribution in [1.29, 1.82) is 0 Å². The van der Waals surface area contributed by atoms with Gasteiger partial charge in [0.2, 0.25) is 0 Å². The van der Waals surface area contributed by atoms with Crippen LogP contribution in [0.3, 0.4) is 0 Å². The van der Waals surface area contributed by atoms with Crippen LogP contribution in [0, 0.1) is 5.92 Å². The van der Waals surface area contributed by atoms with Gasteiger partial charge in [-0.1, -0.05) is 6.92 Å². The van der Waals surface area contributed by atoms with Crippen LogP contribution >= 0.6 is 0 Å². The number of hydrogen-bond acceptors (Lipinski definition) is 4. The van der Waals surface area contributed by atoms with E-state index in [4.69, 9.17) is 5.11 Å². The Labute approximate surface area is 110 Å². The Hall–Kier alpha value is -0.210. The van der Waals surface area contributed by atoms with Gasteiger partial charge in [0.25, 0.3) is 10.2 Å². The number of nitrogens with one attached hydrogen (secondary N) is 1. The highest BCUT2D eigenvalue weighted by molar-refractivity contribution is 7.87. The minimum Gasteiger partial charge on any atom is -0.396 e. The first kappa shape index (κ1) is 15.8. The average Bonchev–Trinajstić information content (AvgIpc) is 2.81. The zero-order chi connectivity index (χ0) is 13.6. The Morgan fingerprint density at radius 3 is 2.78 bits per heavy atom. The van der Waals surface area contributed by atoms with Crippen LogP contribution in [0.25, 0.3) is 0 Å². The fourth-order valence-corrected chi connectivity index (χ4v) is 3.15. The molecule has 0 aromatic carbocycles. The standard InChI is InChI=1S/C11H25N3O3S/c1-3-14-7-5-11(10-14)9-12-18(16,17)13(2)6-4-8-15/h11-12,15H,3-10H2,1-2H3. The second-order valence-corrected chi connectivity index (χ2v) is 6.66. The van der Waals surface area contributed by atoms with Gasteiger partial charge in [0, 0.05) is 33.3 Å². The van der Waals surface area contributed by atoms with Gasteiger partial charge in [-0.15, -0.1) is 0 Å². The Kier molecular flexibility index (Phi) is 6.51. The molecule has 0 amide bonds. The summed E-state index contributed by atoms with van der Waals surface area (Å²) in [4.78, 5) is 2.33. The number of nitrogens with zero attached hydrogens (tertiary/aromatic N) is 2. The molecule has 6 nitrogen and oxygen atoms in total. The lowest BCUT2D eigenvalue weighted by atomic mass is 10.1. The van der Waals surface area contributed by atoms with E-state index in [1.807, 2.05) is 0 Å². The van der Waals surface area contributed by atoms with Crippen molar-refractivity contribution in [3.05, 3.63) is 0 Å². The van der Waals surface area contributed by atoms with Crippen LogP contribution in [0.2, 0.25) is 0 Å². The van der Waals surface area contributed by atoms with Crippen molar-refractivity contribution in [2.75, 3.05) is 46.4 Å². The lowest BCUT2D eigenvalue weighted by molar-refractivity contribution is 0.275. The maximum absolute atomic E-state index is 11.9. The summed E-state index contributed by atoms with van der Waals surface area (Å²) < 4.78 is 27.6.